The second-order valence-corrected chi connectivity index (χ2v) is 5.77. The maximum absolute atomic E-state index is 14.5. The Morgan fingerprint density at radius 3 is 2.93 bits per heavy atom. The van der Waals surface area contributed by atoms with Gasteiger partial charge in [-0.05, 0) is 24.6 Å². The zero-order valence-electron chi connectivity index (χ0n) is 14.9. The van der Waals surface area contributed by atoms with E-state index in [4.69, 9.17) is 11.3 Å². The van der Waals surface area contributed by atoms with Crippen molar-refractivity contribution >= 4 is 11.5 Å². The number of hydrogen-bond donors (Lipinski definition) is 4. The summed E-state index contributed by atoms with van der Waals surface area (Å²) in [5, 5.41) is 22.1. The first-order valence-electron chi connectivity index (χ1n) is 8.18. The van der Waals surface area contributed by atoms with Crippen LogP contribution in [0.25, 0.3) is 17.1 Å². The maximum atomic E-state index is 14.5. The van der Waals surface area contributed by atoms with Crippen LogP contribution in [0, 0.1) is 29.6 Å². The molecule has 0 aliphatic carbocycles. The normalized spacial score (nSPS) is 11.1. The van der Waals surface area contributed by atoms with Crippen LogP contribution in [-0.4, -0.2) is 20.2 Å². The predicted octanol–water partition coefficient (Wildman–Crippen LogP) is 2.89. The number of anilines is 1. The Kier molecular flexibility index (Phi) is 5.36. The van der Waals surface area contributed by atoms with Gasteiger partial charge in [0, 0.05) is 18.0 Å². The number of H-pyrrole nitrogens is 1. The Balaban J connectivity index is 2.01. The lowest BCUT2D eigenvalue weighted by Gasteiger charge is -2.10. The second-order valence-electron chi connectivity index (χ2n) is 5.77. The lowest BCUT2D eigenvalue weighted by Crippen LogP contribution is -2.09. The standard InChI is InChI=1S/C18H16FN9/c1-10-11(7-20)3-2-4-13(10)18-25-16(15(19)17(21)26-18)14(27-22)9-23-8-12-5-6-24-28-12/h2-6,9,22-23H,8H2,1H3,(H,24,28)(H2,21,25,26)/b14-9-,27-22?. The summed E-state index contributed by atoms with van der Waals surface area (Å²) in [6.45, 7) is 2.09. The Morgan fingerprint density at radius 1 is 1.43 bits per heavy atom. The summed E-state index contributed by atoms with van der Waals surface area (Å²) in [5.41, 5.74) is 15.2. The van der Waals surface area contributed by atoms with Crippen molar-refractivity contribution in [2.24, 2.45) is 5.11 Å². The number of nitrogens with zero attached hydrogens (tertiary/aromatic N) is 5. The predicted molar refractivity (Wildman–Crippen MR) is 99.8 cm³/mol. The molecule has 9 nitrogen and oxygen atoms in total. The van der Waals surface area contributed by atoms with Gasteiger partial charge in [0.25, 0.3) is 0 Å². The van der Waals surface area contributed by atoms with Gasteiger partial charge in [-0.1, -0.05) is 12.1 Å². The Morgan fingerprint density at radius 2 is 2.25 bits per heavy atom. The Labute approximate surface area is 159 Å². The van der Waals surface area contributed by atoms with Gasteiger partial charge in [0.15, 0.2) is 17.5 Å². The number of nitrogens with two attached hydrogens (primary N) is 1. The molecule has 0 atom stereocenters. The van der Waals surface area contributed by atoms with Crippen LogP contribution >= 0.6 is 0 Å². The highest BCUT2D eigenvalue weighted by Gasteiger charge is 2.18. The van der Waals surface area contributed by atoms with E-state index >= 15 is 0 Å². The first-order valence-corrected chi connectivity index (χ1v) is 8.18. The molecule has 0 aliphatic rings. The van der Waals surface area contributed by atoms with Gasteiger partial charge in [-0.2, -0.15) is 15.5 Å². The largest absolute Gasteiger partial charge is 0.383 e. The molecule has 28 heavy (non-hydrogen) atoms. The molecule has 2 heterocycles. The minimum atomic E-state index is -0.873. The molecule has 0 bridgehead atoms. The fourth-order valence-electron chi connectivity index (χ4n) is 2.55. The van der Waals surface area contributed by atoms with E-state index in [-0.39, 0.29) is 23.0 Å². The van der Waals surface area contributed by atoms with Crippen molar-refractivity contribution in [3.8, 4) is 17.5 Å². The molecule has 0 aliphatic heterocycles. The number of aromatic nitrogens is 4. The van der Waals surface area contributed by atoms with Crippen LogP contribution in [-0.2, 0) is 6.54 Å². The van der Waals surface area contributed by atoms with E-state index in [1.54, 1.807) is 37.4 Å². The number of nitriles is 1. The van der Waals surface area contributed by atoms with Crippen molar-refractivity contribution in [1.29, 1.82) is 10.8 Å². The summed E-state index contributed by atoms with van der Waals surface area (Å²) in [5.74, 6) is -1.10. The zero-order chi connectivity index (χ0) is 20.1. The van der Waals surface area contributed by atoms with Gasteiger partial charge in [0.1, 0.15) is 11.4 Å². The molecule has 10 heteroatoms. The number of nitrogen functional groups attached to an aromatic ring is 1. The molecule has 0 saturated heterocycles. The molecule has 0 amide bonds. The van der Waals surface area contributed by atoms with Gasteiger partial charge in [-0.15, -0.1) is 0 Å². The smallest absolute Gasteiger partial charge is 0.193 e. The summed E-state index contributed by atoms with van der Waals surface area (Å²) in [4.78, 5) is 8.20. The molecule has 1 aromatic carbocycles. The van der Waals surface area contributed by atoms with Crippen LogP contribution in [0.5, 0.6) is 0 Å². The highest BCUT2D eigenvalue weighted by molar-refractivity contribution is 5.69. The summed E-state index contributed by atoms with van der Waals surface area (Å²) in [7, 11) is 0. The van der Waals surface area contributed by atoms with E-state index in [0.717, 1.165) is 5.69 Å². The molecule has 0 spiro atoms. The van der Waals surface area contributed by atoms with E-state index in [2.05, 4.69) is 36.7 Å². The van der Waals surface area contributed by atoms with Crippen molar-refractivity contribution < 1.29 is 4.39 Å². The third kappa shape index (κ3) is 3.68. The maximum Gasteiger partial charge on any atom is 0.193 e. The van der Waals surface area contributed by atoms with E-state index in [0.29, 0.717) is 23.2 Å². The van der Waals surface area contributed by atoms with Crippen LogP contribution in [0.1, 0.15) is 22.5 Å². The molecule has 3 aromatic rings. The van der Waals surface area contributed by atoms with Gasteiger partial charge >= 0.3 is 0 Å². The van der Waals surface area contributed by atoms with Crippen molar-refractivity contribution in [2.75, 3.05) is 5.73 Å². The molecule has 0 radical (unpaired) electrons. The molecule has 0 fully saturated rings. The SMILES string of the molecule is Cc1c(C#N)cccc1-c1nc(N)c(F)c(/C(=C/NCc2cc[nH]n2)N=N)n1. The minimum Gasteiger partial charge on any atom is -0.383 e. The van der Waals surface area contributed by atoms with Gasteiger partial charge in [-0.25, -0.2) is 19.9 Å². The van der Waals surface area contributed by atoms with E-state index in [9.17, 15) is 9.65 Å². The van der Waals surface area contributed by atoms with E-state index < -0.39 is 5.82 Å². The quantitative estimate of drug-likeness (QED) is 0.485. The average Bonchev–Trinajstić information content (AvgIpc) is 3.21. The number of hydrogen-bond acceptors (Lipinski definition) is 8. The lowest BCUT2D eigenvalue weighted by molar-refractivity contribution is 0.614. The number of rotatable bonds is 6. The summed E-state index contributed by atoms with van der Waals surface area (Å²) >= 11 is 0. The first kappa shape index (κ1) is 18.7. The summed E-state index contributed by atoms with van der Waals surface area (Å²) in [6.07, 6.45) is 3.03. The fourth-order valence-corrected chi connectivity index (χ4v) is 2.55. The van der Waals surface area contributed by atoms with E-state index in [1.165, 1.54) is 6.20 Å². The molecular formula is C18H16FN9. The topological polar surface area (TPSA) is 153 Å². The Bertz CT molecular complexity index is 1080. The van der Waals surface area contributed by atoms with Crippen molar-refractivity contribution in [3.05, 3.63) is 65.0 Å². The molecule has 5 N–H and O–H groups in total. The van der Waals surface area contributed by atoms with Gasteiger partial charge in [-0.3, -0.25) is 5.10 Å². The highest BCUT2D eigenvalue weighted by Crippen LogP contribution is 2.27. The molecule has 3 rings (SSSR count). The molecule has 0 unspecified atom stereocenters. The van der Waals surface area contributed by atoms with Crippen molar-refractivity contribution in [3.63, 3.8) is 0 Å². The number of aromatic amines is 1. The monoisotopic (exact) mass is 377 g/mol. The molecule has 140 valence electrons. The van der Waals surface area contributed by atoms with Crippen LogP contribution < -0.4 is 11.1 Å². The van der Waals surface area contributed by atoms with Crippen LogP contribution in [0.3, 0.4) is 0 Å². The van der Waals surface area contributed by atoms with Gasteiger partial charge < -0.3 is 11.1 Å². The molecule has 2 aromatic heterocycles. The number of benzene rings is 1. The van der Waals surface area contributed by atoms with E-state index in [1.807, 2.05) is 0 Å². The van der Waals surface area contributed by atoms with Crippen LogP contribution in [0.2, 0.25) is 0 Å². The summed E-state index contributed by atoms with van der Waals surface area (Å²) in [6, 6.07) is 8.91. The molecule has 0 saturated carbocycles. The average molecular weight is 377 g/mol. The third-order valence-electron chi connectivity index (χ3n) is 4.02. The van der Waals surface area contributed by atoms with Gasteiger partial charge in [0.2, 0.25) is 0 Å². The lowest BCUT2D eigenvalue weighted by atomic mass is 10.0. The molecular weight excluding hydrogens is 361 g/mol. The van der Waals surface area contributed by atoms with Crippen molar-refractivity contribution in [2.45, 2.75) is 13.5 Å². The zero-order valence-corrected chi connectivity index (χ0v) is 14.9. The first-order chi connectivity index (χ1) is 13.5. The second kappa shape index (κ2) is 8.05. The summed E-state index contributed by atoms with van der Waals surface area (Å²) < 4.78 is 14.5. The minimum absolute atomic E-state index is 0.0579. The number of halogens is 1. The Hall–Kier alpha value is -4.13. The fraction of sp³-hybridized carbons (Fsp3) is 0.111. The highest BCUT2D eigenvalue weighted by atomic mass is 19.1. The number of nitrogens with one attached hydrogen (secondary N) is 3. The van der Waals surface area contributed by atoms with Gasteiger partial charge in [0.05, 0.1) is 23.9 Å². The van der Waals surface area contributed by atoms with Crippen LogP contribution in [0.15, 0.2) is 41.8 Å². The third-order valence-corrected chi connectivity index (χ3v) is 4.02. The van der Waals surface area contributed by atoms with Crippen molar-refractivity contribution in [1.82, 2.24) is 25.5 Å². The van der Waals surface area contributed by atoms with Crippen LogP contribution in [0.4, 0.5) is 10.2 Å².